The van der Waals surface area contributed by atoms with Gasteiger partial charge >= 0.3 is 17.9 Å². The van der Waals surface area contributed by atoms with Crippen molar-refractivity contribution in [3.63, 3.8) is 0 Å². The van der Waals surface area contributed by atoms with Crippen LogP contribution in [-0.4, -0.2) is 132 Å². The van der Waals surface area contributed by atoms with Gasteiger partial charge in [-0.3, -0.25) is 24.2 Å². The fraction of sp³-hybridized carbons (Fsp3) is 0.812. The van der Waals surface area contributed by atoms with Gasteiger partial charge in [0, 0.05) is 58.9 Å². The van der Waals surface area contributed by atoms with Gasteiger partial charge in [0.2, 0.25) is 0 Å². The van der Waals surface area contributed by atoms with Crippen molar-refractivity contribution in [3.8, 4) is 0 Å². The van der Waals surface area contributed by atoms with Crippen LogP contribution in [0.2, 0.25) is 0 Å². The summed E-state index contributed by atoms with van der Waals surface area (Å²) >= 11 is 0. The van der Waals surface area contributed by atoms with E-state index >= 15 is 0 Å². The second kappa shape index (κ2) is 11.8. The van der Waals surface area contributed by atoms with E-state index in [-0.39, 0.29) is 19.5 Å². The Balaban J connectivity index is 2.74. The molecular weight excluding hydrogens is 344 g/mol. The number of nitrogens with zero attached hydrogens (tertiary/aromatic N) is 4. The number of likely N-dealkylation sites (N-methyl/N-ethyl adjacent to an activating group) is 1. The first kappa shape index (κ1) is 22.3. The summed E-state index contributed by atoms with van der Waals surface area (Å²) in [4.78, 5) is 40.7. The molecule has 150 valence electrons. The summed E-state index contributed by atoms with van der Waals surface area (Å²) in [5.74, 6) is -2.68. The standard InChI is InChI=1S/C16H30N4O6/c1-17-4-6-18(3-2-14(21)22)8-9-20(13-16(25)26)11-10-19(7-5-17)12-15(23)24/h2-13H2,1H3,(H,21,22)(H,23,24)(H,25,26). The number of carboxylic acids is 3. The highest BCUT2D eigenvalue weighted by Gasteiger charge is 2.18. The fourth-order valence-electron chi connectivity index (χ4n) is 2.81. The number of carbonyl (C=O) groups is 3. The summed E-state index contributed by atoms with van der Waals surface area (Å²) in [7, 11) is 1.96. The molecular formula is C16H30N4O6. The van der Waals surface area contributed by atoms with Crippen LogP contribution in [0.5, 0.6) is 0 Å². The van der Waals surface area contributed by atoms with Gasteiger partial charge in [0.25, 0.3) is 0 Å². The van der Waals surface area contributed by atoms with E-state index in [1.54, 1.807) is 4.90 Å². The van der Waals surface area contributed by atoms with Crippen LogP contribution >= 0.6 is 0 Å². The Morgan fingerprint density at radius 1 is 0.654 bits per heavy atom. The van der Waals surface area contributed by atoms with Crippen molar-refractivity contribution in [3.05, 3.63) is 0 Å². The quantitative estimate of drug-likeness (QED) is 0.484. The molecule has 0 aromatic heterocycles. The lowest BCUT2D eigenvalue weighted by Crippen LogP contribution is -2.47. The van der Waals surface area contributed by atoms with Crippen LogP contribution in [0, 0.1) is 0 Å². The summed E-state index contributed by atoms with van der Waals surface area (Å²) < 4.78 is 0. The highest BCUT2D eigenvalue weighted by atomic mass is 16.4. The normalized spacial score (nSPS) is 20.2. The molecule has 10 heteroatoms. The Bertz CT molecular complexity index is 476. The third kappa shape index (κ3) is 10.3. The topological polar surface area (TPSA) is 125 Å². The van der Waals surface area contributed by atoms with Crippen molar-refractivity contribution in [1.82, 2.24) is 19.6 Å². The molecule has 1 rings (SSSR count). The monoisotopic (exact) mass is 374 g/mol. The minimum Gasteiger partial charge on any atom is -0.481 e. The maximum atomic E-state index is 11.1. The summed E-state index contributed by atoms with van der Waals surface area (Å²) in [6.45, 7) is 4.94. The second-order valence-electron chi connectivity index (χ2n) is 6.63. The average Bonchev–Trinajstić information content (AvgIpc) is 2.53. The van der Waals surface area contributed by atoms with Gasteiger partial charge in [-0.05, 0) is 7.05 Å². The molecule has 1 saturated heterocycles. The van der Waals surface area contributed by atoms with Crippen molar-refractivity contribution < 1.29 is 29.7 Å². The lowest BCUT2D eigenvalue weighted by molar-refractivity contribution is -0.140. The Kier molecular flexibility index (Phi) is 10.1. The Morgan fingerprint density at radius 2 is 1.04 bits per heavy atom. The van der Waals surface area contributed by atoms with Gasteiger partial charge in [0.05, 0.1) is 19.5 Å². The summed E-state index contributed by atoms with van der Waals surface area (Å²) in [5.41, 5.74) is 0. The van der Waals surface area contributed by atoms with Crippen LogP contribution in [0.3, 0.4) is 0 Å². The summed E-state index contributed by atoms with van der Waals surface area (Å²) in [5, 5.41) is 27.0. The molecule has 1 aliphatic rings. The van der Waals surface area contributed by atoms with Gasteiger partial charge < -0.3 is 25.1 Å². The van der Waals surface area contributed by atoms with E-state index in [2.05, 4.69) is 4.90 Å². The zero-order chi connectivity index (χ0) is 19.5. The van der Waals surface area contributed by atoms with Gasteiger partial charge in [0.15, 0.2) is 0 Å². The summed E-state index contributed by atoms with van der Waals surface area (Å²) in [6.07, 6.45) is 0.0506. The van der Waals surface area contributed by atoms with Gasteiger partial charge in [-0.15, -0.1) is 0 Å². The van der Waals surface area contributed by atoms with Crippen LogP contribution in [0.15, 0.2) is 0 Å². The maximum Gasteiger partial charge on any atom is 0.317 e. The number of rotatable bonds is 7. The Labute approximate surface area is 153 Å². The van der Waals surface area contributed by atoms with Crippen molar-refractivity contribution in [2.24, 2.45) is 0 Å². The predicted molar refractivity (Wildman–Crippen MR) is 94.3 cm³/mol. The molecule has 0 spiro atoms. The molecule has 26 heavy (non-hydrogen) atoms. The number of hydrogen-bond donors (Lipinski definition) is 3. The zero-order valence-electron chi connectivity index (χ0n) is 15.3. The average molecular weight is 374 g/mol. The van der Waals surface area contributed by atoms with Gasteiger partial charge in [-0.25, -0.2) is 0 Å². The van der Waals surface area contributed by atoms with Crippen LogP contribution < -0.4 is 0 Å². The second-order valence-corrected chi connectivity index (χ2v) is 6.63. The summed E-state index contributed by atoms with van der Waals surface area (Å²) in [6, 6.07) is 0. The molecule has 0 aromatic rings. The van der Waals surface area contributed by atoms with Crippen molar-refractivity contribution in [2.45, 2.75) is 6.42 Å². The number of hydrogen-bond acceptors (Lipinski definition) is 7. The minimum absolute atomic E-state index is 0.0506. The number of carboxylic acid groups (broad SMARTS) is 3. The highest BCUT2D eigenvalue weighted by Crippen LogP contribution is 2.01. The fourth-order valence-corrected chi connectivity index (χ4v) is 2.81. The van der Waals surface area contributed by atoms with E-state index in [9.17, 15) is 14.4 Å². The number of aliphatic carboxylic acids is 3. The zero-order valence-corrected chi connectivity index (χ0v) is 15.3. The molecule has 0 atom stereocenters. The van der Waals surface area contributed by atoms with Gasteiger partial charge in [-0.2, -0.15) is 0 Å². The van der Waals surface area contributed by atoms with Gasteiger partial charge in [0.1, 0.15) is 0 Å². The van der Waals surface area contributed by atoms with Gasteiger partial charge in [-0.1, -0.05) is 0 Å². The van der Waals surface area contributed by atoms with Crippen molar-refractivity contribution >= 4 is 17.9 Å². The molecule has 0 aromatic carbocycles. The Hall–Kier alpha value is -1.75. The lowest BCUT2D eigenvalue weighted by atomic mass is 10.3. The lowest BCUT2D eigenvalue weighted by Gasteiger charge is -2.32. The molecule has 3 N–H and O–H groups in total. The first-order chi connectivity index (χ1) is 12.3. The largest absolute Gasteiger partial charge is 0.481 e. The molecule has 0 amide bonds. The van der Waals surface area contributed by atoms with E-state index in [4.69, 9.17) is 15.3 Å². The van der Waals surface area contributed by atoms with E-state index in [1.807, 2.05) is 16.8 Å². The molecule has 0 unspecified atom stereocenters. The van der Waals surface area contributed by atoms with Crippen LogP contribution in [0.4, 0.5) is 0 Å². The smallest absolute Gasteiger partial charge is 0.317 e. The molecule has 1 heterocycles. The van der Waals surface area contributed by atoms with E-state index in [0.29, 0.717) is 52.4 Å². The van der Waals surface area contributed by atoms with E-state index < -0.39 is 17.9 Å². The maximum absolute atomic E-state index is 11.1. The first-order valence-electron chi connectivity index (χ1n) is 8.77. The minimum atomic E-state index is -0.932. The molecule has 0 saturated carbocycles. The first-order valence-corrected chi connectivity index (χ1v) is 8.77. The highest BCUT2D eigenvalue weighted by molar-refractivity contribution is 5.69. The van der Waals surface area contributed by atoms with Crippen LogP contribution in [0.1, 0.15) is 6.42 Å². The van der Waals surface area contributed by atoms with Crippen LogP contribution in [0.25, 0.3) is 0 Å². The predicted octanol–water partition coefficient (Wildman–Crippen LogP) is -1.52. The van der Waals surface area contributed by atoms with E-state index in [0.717, 1.165) is 6.54 Å². The molecule has 0 aliphatic carbocycles. The molecule has 1 fully saturated rings. The molecule has 10 nitrogen and oxygen atoms in total. The third-order valence-corrected chi connectivity index (χ3v) is 4.42. The molecule has 0 bridgehead atoms. The molecule has 1 aliphatic heterocycles. The van der Waals surface area contributed by atoms with Crippen LogP contribution in [-0.2, 0) is 14.4 Å². The van der Waals surface area contributed by atoms with Crippen molar-refractivity contribution in [1.29, 1.82) is 0 Å². The third-order valence-electron chi connectivity index (χ3n) is 4.42. The SMILES string of the molecule is CN1CCN(CCC(=O)O)CCN(CC(=O)O)CCN(CC(=O)O)CC1. The van der Waals surface area contributed by atoms with Crippen molar-refractivity contribution in [2.75, 3.05) is 79.0 Å². The Morgan fingerprint density at radius 3 is 1.46 bits per heavy atom. The van der Waals surface area contributed by atoms with E-state index in [1.165, 1.54) is 0 Å². The molecule has 0 radical (unpaired) electrons.